The maximum Gasteiger partial charge on any atom is 0.490 e. The van der Waals surface area contributed by atoms with E-state index in [4.69, 9.17) is 14.6 Å². The van der Waals surface area contributed by atoms with Gasteiger partial charge in [-0.15, -0.1) is 0 Å². The average Bonchev–Trinajstić information content (AvgIpc) is 3.34. The van der Waals surface area contributed by atoms with Crippen LogP contribution in [0.5, 0.6) is 0 Å². The molecule has 3 fully saturated rings. The van der Waals surface area contributed by atoms with Crippen LogP contribution in [0.4, 0.5) is 19.1 Å². The number of ether oxygens (including phenoxy) is 1. The summed E-state index contributed by atoms with van der Waals surface area (Å²) in [6.07, 6.45) is 0.125. The van der Waals surface area contributed by atoms with Gasteiger partial charge in [0.05, 0.1) is 18.0 Å². The number of nitrogens with zero attached hydrogens (tertiary/aromatic N) is 3. The van der Waals surface area contributed by atoms with Crippen molar-refractivity contribution in [3.63, 3.8) is 0 Å². The number of anilines is 1. The van der Waals surface area contributed by atoms with Crippen molar-refractivity contribution < 1.29 is 36.2 Å². The molecule has 162 valence electrons. The second-order valence-corrected chi connectivity index (χ2v) is 9.19. The van der Waals surface area contributed by atoms with Gasteiger partial charge in [0.1, 0.15) is 0 Å². The van der Waals surface area contributed by atoms with Crippen LogP contribution in [0.15, 0.2) is 18.5 Å². The van der Waals surface area contributed by atoms with Gasteiger partial charge in [0.25, 0.3) is 0 Å². The molecule has 29 heavy (non-hydrogen) atoms. The van der Waals surface area contributed by atoms with E-state index in [1.807, 2.05) is 0 Å². The first-order valence-electron chi connectivity index (χ1n) is 9.00. The van der Waals surface area contributed by atoms with Crippen LogP contribution in [0.3, 0.4) is 0 Å². The lowest BCUT2D eigenvalue weighted by Gasteiger charge is -2.19. The minimum Gasteiger partial charge on any atom is -0.475 e. The lowest BCUT2D eigenvalue weighted by atomic mass is 9.93. The van der Waals surface area contributed by atoms with Crippen molar-refractivity contribution in [1.29, 1.82) is 0 Å². The first kappa shape index (κ1) is 21.7. The minimum absolute atomic E-state index is 0.152. The Hall–Kier alpha value is -1.99. The fourth-order valence-corrected chi connectivity index (χ4v) is 4.79. The van der Waals surface area contributed by atoms with Crippen LogP contribution < -0.4 is 9.62 Å². The molecule has 0 amide bonds. The van der Waals surface area contributed by atoms with E-state index in [-0.39, 0.29) is 17.3 Å². The molecule has 9 nitrogen and oxygen atoms in total. The summed E-state index contributed by atoms with van der Waals surface area (Å²) in [6, 6.07) is 1.80. The number of halogens is 3. The smallest absolute Gasteiger partial charge is 0.475 e. The zero-order chi connectivity index (χ0) is 21.2. The van der Waals surface area contributed by atoms with E-state index in [2.05, 4.69) is 19.6 Å². The van der Waals surface area contributed by atoms with Gasteiger partial charge in [0.15, 0.2) is 0 Å². The van der Waals surface area contributed by atoms with Crippen molar-refractivity contribution >= 4 is 21.9 Å². The molecule has 13 heteroatoms. The Morgan fingerprint density at radius 3 is 2.45 bits per heavy atom. The maximum atomic E-state index is 11.9. The normalized spacial score (nSPS) is 26.6. The Balaban J connectivity index is 0.000000298. The van der Waals surface area contributed by atoms with Gasteiger partial charge in [-0.05, 0) is 18.9 Å². The largest absolute Gasteiger partial charge is 0.490 e. The van der Waals surface area contributed by atoms with Crippen molar-refractivity contribution in [3.05, 3.63) is 18.5 Å². The zero-order valence-corrected chi connectivity index (χ0v) is 16.1. The highest BCUT2D eigenvalue weighted by molar-refractivity contribution is 7.90. The number of hydrogen-bond acceptors (Lipinski definition) is 7. The number of fused-ring (bicyclic) bond motifs is 1. The highest BCUT2D eigenvalue weighted by Gasteiger charge is 2.45. The molecule has 2 N–H and O–H groups in total. The number of aromatic nitrogens is 2. The third kappa shape index (κ3) is 5.54. The maximum absolute atomic E-state index is 11.9. The molecule has 2 saturated heterocycles. The van der Waals surface area contributed by atoms with E-state index < -0.39 is 22.2 Å². The molecular weight excluding hydrogens is 417 g/mol. The standard InChI is InChI=1S/C14H20N4O3S.C2HF3O2/c19-22(20,11-2-3-11)17-6-10-9-21-13-8-18(7-12(10)13)14-15-4-1-5-16-14;3-2(4,5)1(6)7/h1,4-5,10-13,17H,2-3,6-9H2;(H,6,7)/t10-,12+,13+;/m0./s1. The average molecular weight is 438 g/mol. The highest BCUT2D eigenvalue weighted by atomic mass is 32.2. The fourth-order valence-electron chi connectivity index (χ4n) is 3.35. The third-order valence-electron chi connectivity index (χ3n) is 5.03. The molecule has 1 aliphatic carbocycles. The molecular formula is C16H21F3N4O5S. The van der Waals surface area contributed by atoms with Gasteiger partial charge < -0.3 is 14.7 Å². The Bertz CT molecular complexity index is 820. The summed E-state index contributed by atoms with van der Waals surface area (Å²) >= 11 is 0. The summed E-state index contributed by atoms with van der Waals surface area (Å²) in [7, 11) is -3.11. The van der Waals surface area contributed by atoms with Gasteiger partial charge in [-0.2, -0.15) is 13.2 Å². The van der Waals surface area contributed by atoms with Crippen LogP contribution in [0, 0.1) is 11.8 Å². The quantitative estimate of drug-likeness (QED) is 0.687. The number of nitrogens with one attached hydrogen (secondary N) is 1. The zero-order valence-electron chi connectivity index (χ0n) is 15.2. The molecule has 3 atom stereocenters. The SMILES string of the molecule is O=C(O)C(F)(F)F.O=S(=O)(NC[C@H]1CO[C@@H]2CN(c3ncccn3)C[C@H]12)C1CC1. The summed E-state index contributed by atoms with van der Waals surface area (Å²) in [5.41, 5.74) is 0. The number of carboxylic acid groups (broad SMARTS) is 1. The molecule has 2 aliphatic heterocycles. The highest BCUT2D eigenvalue weighted by Crippen LogP contribution is 2.35. The van der Waals surface area contributed by atoms with Crippen molar-refractivity contribution in [3.8, 4) is 0 Å². The number of carboxylic acids is 1. The first-order chi connectivity index (χ1) is 13.6. The van der Waals surface area contributed by atoms with Gasteiger partial charge in [0, 0.05) is 43.9 Å². The van der Waals surface area contributed by atoms with Crippen LogP contribution >= 0.6 is 0 Å². The lowest BCUT2D eigenvalue weighted by Crippen LogP contribution is -2.36. The number of rotatable bonds is 5. The van der Waals surface area contributed by atoms with Crippen LogP contribution in [0.25, 0.3) is 0 Å². The van der Waals surface area contributed by atoms with E-state index in [9.17, 15) is 21.6 Å². The molecule has 3 aliphatic rings. The lowest BCUT2D eigenvalue weighted by molar-refractivity contribution is -0.192. The molecule has 1 saturated carbocycles. The van der Waals surface area contributed by atoms with Crippen molar-refractivity contribution in [2.45, 2.75) is 30.4 Å². The third-order valence-corrected chi connectivity index (χ3v) is 6.94. The molecule has 4 rings (SSSR count). The predicted molar refractivity (Wildman–Crippen MR) is 94.6 cm³/mol. The van der Waals surface area contributed by atoms with E-state index in [1.54, 1.807) is 18.5 Å². The number of aliphatic carboxylic acids is 1. The molecule has 1 aromatic heterocycles. The second kappa shape index (κ2) is 8.40. The second-order valence-electron chi connectivity index (χ2n) is 7.15. The number of sulfonamides is 1. The number of alkyl halides is 3. The molecule has 0 radical (unpaired) electrons. The van der Waals surface area contributed by atoms with E-state index in [1.165, 1.54) is 0 Å². The van der Waals surface area contributed by atoms with Gasteiger partial charge in [-0.25, -0.2) is 27.9 Å². The summed E-state index contributed by atoms with van der Waals surface area (Å²) in [5.74, 6) is -1.47. The van der Waals surface area contributed by atoms with Gasteiger partial charge >= 0.3 is 12.1 Å². The Labute approximate surface area is 165 Å². The monoisotopic (exact) mass is 438 g/mol. The predicted octanol–water partition coefficient (Wildman–Crippen LogP) is 0.643. The van der Waals surface area contributed by atoms with Crippen LogP contribution in [-0.2, 0) is 19.6 Å². The summed E-state index contributed by atoms with van der Waals surface area (Å²) in [5, 5.41) is 6.96. The van der Waals surface area contributed by atoms with Gasteiger partial charge in [-0.1, -0.05) is 0 Å². The minimum atomic E-state index is -5.08. The van der Waals surface area contributed by atoms with E-state index in [0.29, 0.717) is 19.1 Å². The summed E-state index contributed by atoms with van der Waals surface area (Å²) < 4.78 is 64.2. The summed E-state index contributed by atoms with van der Waals surface area (Å²) in [4.78, 5) is 19.6. The van der Waals surface area contributed by atoms with E-state index >= 15 is 0 Å². The van der Waals surface area contributed by atoms with Crippen molar-refractivity contribution in [1.82, 2.24) is 14.7 Å². The number of carbonyl (C=O) groups is 1. The van der Waals surface area contributed by atoms with Crippen LogP contribution in [-0.4, -0.2) is 73.2 Å². The molecule has 1 aromatic rings. The van der Waals surface area contributed by atoms with Crippen molar-refractivity contribution in [2.24, 2.45) is 11.8 Å². The molecule has 0 bridgehead atoms. The molecule has 0 aromatic carbocycles. The Morgan fingerprint density at radius 1 is 1.28 bits per heavy atom. The number of hydrogen-bond donors (Lipinski definition) is 2. The van der Waals surface area contributed by atoms with Crippen LogP contribution in [0.1, 0.15) is 12.8 Å². The van der Waals surface area contributed by atoms with Crippen LogP contribution in [0.2, 0.25) is 0 Å². The summed E-state index contributed by atoms with van der Waals surface area (Å²) in [6.45, 7) is 2.71. The molecule has 3 heterocycles. The van der Waals surface area contributed by atoms with Gasteiger partial charge in [0.2, 0.25) is 16.0 Å². The first-order valence-corrected chi connectivity index (χ1v) is 10.5. The topological polar surface area (TPSA) is 122 Å². The fraction of sp³-hybridized carbons (Fsp3) is 0.688. The van der Waals surface area contributed by atoms with Crippen molar-refractivity contribution in [2.75, 3.05) is 31.1 Å². The Kier molecular flexibility index (Phi) is 6.29. The van der Waals surface area contributed by atoms with Gasteiger partial charge in [-0.3, -0.25) is 0 Å². The van der Waals surface area contributed by atoms with E-state index in [0.717, 1.165) is 31.9 Å². The molecule has 0 unspecified atom stereocenters. The Morgan fingerprint density at radius 2 is 1.90 bits per heavy atom. The molecule has 0 spiro atoms.